The average Bonchev–Trinajstić information content (AvgIpc) is 2.70. The highest BCUT2D eigenvalue weighted by molar-refractivity contribution is 7.87. The van der Waals surface area contributed by atoms with Gasteiger partial charge in [-0.05, 0) is 63.8 Å². The molecule has 0 saturated carbocycles. The number of urea groups is 1. The van der Waals surface area contributed by atoms with E-state index < -0.39 is 15.9 Å². The van der Waals surface area contributed by atoms with Crippen LogP contribution in [0.15, 0.2) is 47.4 Å². The number of amides is 2. The van der Waals surface area contributed by atoms with Crippen LogP contribution in [-0.2, 0) is 16.7 Å². The van der Waals surface area contributed by atoms with Crippen LogP contribution < -0.4 is 14.2 Å². The summed E-state index contributed by atoms with van der Waals surface area (Å²) in [7, 11) is 0.868. The number of benzene rings is 2. The Kier molecular flexibility index (Phi) is 8.85. The Morgan fingerprint density at radius 1 is 1.12 bits per heavy atom. The summed E-state index contributed by atoms with van der Waals surface area (Å²) in [5.41, 5.74) is 0.691. The fourth-order valence-electron chi connectivity index (χ4n) is 2.80. The maximum Gasteiger partial charge on any atom is 0.339 e. The Morgan fingerprint density at radius 3 is 2.44 bits per heavy atom. The van der Waals surface area contributed by atoms with Crippen molar-refractivity contribution in [2.24, 2.45) is 0 Å². The second kappa shape index (κ2) is 11.1. The van der Waals surface area contributed by atoms with Gasteiger partial charge in [-0.2, -0.15) is 8.42 Å². The predicted octanol–water partition coefficient (Wildman–Crippen LogP) is 3.08. The molecule has 0 aliphatic rings. The minimum atomic E-state index is -4.25. The van der Waals surface area contributed by atoms with Gasteiger partial charge in [-0.25, -0.2) is 9.18 Å². The summed E-state index contributed by atoms with van der Waals surface area (Å²) >= 11 is 0. The third kappa shape index (κ3) is 7.38. The molecule has 0 aromatic heterocycles. The molecule has 0 spiro atoms. The number of nitrogens with zero attached hydrogens (tertiary/aromatic N) is 2. The number of hydrogen-bond acceptors (Lipinski definition) is 6. The predicted molar refractivity (Wildman–Crippen MR) is 120 cm³/mol. The third-order valence-electron chi connectivity index (χ3n) is 4.41. The Balaban J connectivity index is 2.20. The van der Waals surface area contributed by atoms with Crippen LogP contribution in [0.1, 0.15) is 19.4 Å². The fraction of sp³-hybridized carbons (Fsp3) is 0.409. The first-order valence-electron chi connectivity index (χ1n) is 10.1. The summed E-state index contributed by atoms with van der Waals surface area (Å²) in [6, 6.07) is 9.48. The van der Waals surface area contributed by atoms with Crippen molar-refractivity contribution >= 4 is 16.1 Å². The van der Waals surface area contributed by atoms with E-state index in [0.717, 1.165) is 6.07 Å². The first-order chi connectivity index (χ1) is 15.0. The molecule has 0 radical (unpaired) electrons. The molecule has 10 heteroatoms. The fourth-order valence-corrected chi connectivity index (χ4v) is 3.74. The van der Waals surface area contributed by atoms with Crippen LogP contribution in [0.5, 0.6) is 11.5 Å². The highest BCUT2D eigenvalue weighted by Gasteiger charge is 2.20. The van der Waals surface area contributed by atoms with Crippen LogP contribution in [0, 0.1) is 5.82 Å². The van der Waals surface area contributed by atoms with Crippen molar-refractivity contribution in [1.82, 2.24) is 15.1 Å². The summed E-state index contributed by atoms with van der Waals surface area (Å²) in [4.78, 5) is 15.9. The highest BCUT2D eigenvalue weighted by Crippen LogP contribution is 2.24. The summed E-state index contributed by atoms with van der Waals surface area (Å²) in [6.45, 7) is 5.17. The van der Waals surface area contributed by atoms with E-state index in [0.29, 0.717) is 18.7 Å². The molecule has 2 aromatic carbocycles. The molecule has 1 N–H and O–H groups in total. The molecule has 0 aliphatic carbocycles. The standard InChI is InChI=1S/C22H30FN3O5S/c1-16(2)24-22(27)26(12-11-25(3)4)15-17-7-6-8-18(13-17)31-32(28,29)19-9-10-21(30-5)20(23)14-19/h6-10,13-14,16H,11-12,15H2,1-5H3,(H,24,27). The third-order valence-corrected chi connectivity index (χ3v) is 5.65. The van der Waals surface area contributed by atoms with Crippen LogP contribution >= 0.6 is 0 Å². The molecule has 32 heavy (non-hydrogen) atoms. The number of nitrogens with one attached hydrogen (secondary N) is 1. The van der Waals surface area contributed by atoms with Gasteiger partial charge in [0, 0.05) is 25.7 Å². The van der Waals surface area contributed by atoms with E-state index in [9.17, 15) is 17.6 Å². The molecule has 0 aliphatic heterocycles. The van der Waals surface area contributed by atoms with Crippen molar-refractivity contribution in [2.75, 3.05) is 34.3 Å². The van der Waals surface area contributed by atoms with Crippen molar-refractivity contribution in [3.8, 4) is 11.5 Å². The van der Waals surface area contributed by atoms with Crippen molar-refractivity contribution in [1.29, 1.82) is 0 Å². The molecule has 0 bridgehead atoms. The molecule has 2 amide bonds. The molecule has 8 nitrogen and oxygen atoms in total. The van der Waals surface area contributed by atoms with E-state index in [-0.39, 0.29) is 35.0 Å². The van der Waals surface area contributed by atoms with Gasteiger partial charge in [0.1, 0.15) is 10.6 Å². The van der Waals surface area contributed by atoms with E-state index in [1.54, 1.807) is 23.1 Å². The van der Waals surface area contributed by atoms with Gasteiger partial charge >= 0.3 is 16.1 Å². The monoisotopic (exact) mass is 467 g/mol. The first kappa shape index (κ1) is 25.4. The number of methoxy groups -OCH3 is 1. The SMILES string of the molecule is COc1ccc(S(=O)(=O)Oc2cccc(CN(CCN(C)C)C(=O)NC(C)C)c2)cc1F. The summed E-state index contributed by atoms with van der Waals surface area (Å²) < 4.78 is 49.1. The lowest BCUT2D eigenvalue weighted by Gasteiger charge is -2.26. The molecule has 0 unspecified atom stereocenters. The van der Waals surface area contributed by atoms with Gasteiger partial charge < -0.3 is 24.0 Å². The van der Waals surface area contributed by atoms with Gasteiger partial charge in [0.15, 0.2) is 11.6 Å². The second-order valence-corrected chi connectivity index (χ2v) is 9.36. The zero-order valence-corrected chi connectivity index (χ0v) is 19.8. The molecule has 2 rings (SSSR count). The van der Waals surface area contributed by atoms with Crippen molar-refractivity contribution in [3.63, 3.8) is 0 Å². The molecular formula is C22H30FN3O5S. The van der Waals surface area contributed by atoms with E-state index in [2.05, 4.69) is 5.32 Å². The Bertz CT molecular complexity index is 1030. The highest BCUT2D eigenvalue weighted by atomic mass is 32.2. The maximum absolute atomic E-state index is 13.9. The van der Waals surface area contributed by atoms with E-state index in [4.69, 9.17) is 8.92 Å². The minimum Gasteiger partial charge on any atom is -0.494 e. The van der Waals surface area contributed by atoms with Gasteiger partial charge in [0.05, 0.1) is 7.11 Å². The second-order valence-electron chi connectivity index (χ2n) is 7.81. The summed E-state index contributed by atoms with van der Waals surface area (Å²) in [6.07, 6.45) is 0. The largest absolute Gasteiger partial charge is 0.494 e. The lowest BCUT2D eigenvalue weighted by Crippen LogP contribution is -2.45. The maximum atomic E-state index is 13.9. The topological polar surface area (TPSA) is 88.2 Å². The normalized spacial score (nSPS) is 11.5. The summed E-state index contributed by atoms with van der Waals surface area (Å²) in [5, 5.41) is 2.87. The van der Waals surface area contributed by atoms with Crippen LogP contribution in [0.4, 0.5) is 9.18 Å². The van der Waals surface area contributed by atoms with Gasteiger partial charge in [0.25, 0.3) is 0 Å². The minimum absolute atomic E-state index is 0.0194. The molecule has 0 fully saturated rings. The van der Waals surface area contributed by atoms with Gasteiger partial charge in [-0.15, -0.1) is 0 Å². The lowest BCUT2D eigenvalue weighted by molar-refractivity contribution is 0.186. The van der Waals surface area contributed by atoms with Crippen LogP contribution in [0.25, 0.3) is 0 Å². The van der Waals surface area contributed by atoms with Crippen LogP contribution in [-0.4, -0.2) is 64.6 Å². The lowest BCUT2D eigenvalue weighted by atomic mass is 10.2. The Morgan fingerprint density at radius 2 is 1.84 bits per heavy atom. The van der Waals surface area contributed by atoms with Gasteiger partial charge in [-0.1, -0.05) is 12.1 Å². The number of carbonyl (C=O) groups excluding carboxylic acids is 1. The molecule has 0 saturated heterocycles. The number of ether oxygens (including phenoxy) is 1. The number of hydrogen-bond donors (Lipinski definition) is 1. The van der Waals surface area contributed by atoms with Gasteiger partial charge in [0.2, 0.25) is 0 Å². The van der Waals surface area contributed by atoms with Crippen molar-refractivity contribution in [3.05, 3.63) is 53.8 Å². The molecule has 2 aromatic rings. The quantitative estimate of drug-likeness (QED) is 0.541. The molecule has 0 atom stereocenters. The van der Waals surface area contributed by atoms with E-state index in [1.807, 2.05) is 32.8 Å². The number of likely N-dealkylation sites (N-methyl/N-ethyl adjacent to an activating group) is 1. The number of carbonyl (C=O) groups is 1. The van der Waals surface area contributed by atoms with Crippen LogP contribution in [0.3, 0.4) is 0 Å². The van der Waals surface area contributed by atoms with Crippen molar-refractivity contribution in [2.45, 2.75) is 31.3 Å². The number of rotatable bonds is 10. The average molecular weight is 468 g/mol. The van der Waals surface area contributed by atoms with Crippen LogP contribution in [0.2, 0.25) is 0 Å². The molecule has 0 heterocycles. The zero-order chi connectivity index (χ0) is 23.9. The molecule has 176 valence electrons. The smallest absolute Gasteiger partial charge is 0.339 e. The summed E-state index contributed by atoms with van der Waals surface area (Å²) in [5.74, 6) is -0.808. The van der Waals surface area contributed by atoms with Crippen molar-refractivity contribution < 1.29 is 26.5 Å². The zero-order valence-electron chi connectivity index (χ0n) is 19.0. The number of halogens is 1. The van der Waals surface area contributed by atoms with E-state index >= 15 is 0 Å². The Hall–Kier alpha value is -2.85. The first-order valence-corrected chi connectivity index (χ1v) is 11.5. The Labute approximate surface area is 189 Å². The van der Waals surface area contributed by atoms with Gasteiger partial charge in [-0.3, -0.25) is 0 Å². The molecular weight excluding hydrogens is 437 g/mol. The van der Waals surface area contributed by atoms with E-state index in [1.165, 1.54) is 25.3 Å².